The Balaban J connectivity index is 1.46. The molecule has 0 aliphatic rings. The highest BCUT2D eigenvalue weighted by atomic mass is 16.5. The van der Waals surface area contributed by atoms with Crippen LogP contribution in [0.3, 0.4) is 0 Å². The molecule has 8 heteroatoms. The highest BCUT2D eigenvalue weighted by Crippen LogP contribution is 2.31. The van der Waals surface area contributed by atoms with Gasteiger partial charge in [0.1, 0.15) is 23.6 Å². The van der Waals surface area contributed by atoms with E-state index in [0.717, 1.165) is 64.6 Å². The quantitative estimate of drug-likeness (QED) is 0.478. The minimum atomic E-state index is 0.613. The third-order valence-corrected chi connectivity index (χ3v) is 5.01. The standard InChI is InChI=1S/C20H24N6O2/c1-12-13(2)24-20-22-11-23-26(20)19(12)21-7-5-6-14-8-16-17(25-14)9-15(27-3)10-18(16)28-4/h8-11,21,25H,5-7H2,1-4H3. The average molecular weight is 380 g/mol. The summed E-state index contributed by atoms with van der Waals surface area (Å²) >= 11 is 0. The number of fused-ring (bicyclic) bond motifs is 2. The first-order chi connectivity index (χ1) is 13.6. The number of methoxy groups -OCH3 is 2. The Kier molecular flexibility index (Phi) is 4.77. The van der Waals surface area contributed by atoms with Gasteiger partial charge in [-0.05, 0) is 32.8 Å². The SMILES string of the molecule is COc1cc(OC)c2cc(CCCNc3c(C)c(C)nc4ncnn34)[nH]c2c1. The summed E-state index contributed by atoms with van der Waals surface area (Å²) in [6, 6.07) is 6.04. The van der Waals surface area contributed by atoms with E-state index in [9.17, 15) is 0 Å². The average Bonchev–Trinajstić information content (AvgIpc) is 3.32. The fourth-order valence-electron chi connectivity index (χ4n) is 3.38. The van der Waals surface area contributed by atoms with Gasteiger partial charge in [0.2, 0.25) is 0 Å². The van der Waals surface area contributed by atoms with Crippen LogP contribution in [-0.2, 0) is 6.42 Å². The van der Waals surface area contributed by atoms with Gasteiger partial charge in [0.15, 0.2) is 0 Å². The maximum absolute atomic E-state index is 5.49. The van der Waals surface area contributed by atoms with E-state index in [2.05, 4.69) is 31.4 Å². The molecule has 0 amide bonds. The number of aryl methyl sites for hydroxylation is 2. The Bertz CT molecular complexity index is 1130. The molecule has 0 atom stereocenters. The normalized spacial score (nSPS) is 11.3. The van der Waals surface area contributed by atoms with Crippen LogP contribution in [0.5, 0.6) is 11.5 Å². The monoisotopic (exact) mass is 380 g/mol. The number of nitrogens with zero attached hydrogens (tertiary/aromatic N) is 4. The molecule has 1 aromatic carbocycles. The molecule has 2 N–H and O–H groups in total. The molecule has 146 valence electrons. The van der Waals surface area contributed by atoms with E-state index < -0.39 is 0 Å². The molecule has 0 aliphatic carbocycles. The zero-order valence-corrected chi connectivity index (χ0v) is 16.5. The van der Waals surface area contributed by atoms with Crippen LogP contribution in [-0.4, -0.2) is 45.3 Å². The highest BCUT2D eigenvalue weighted by molar-refractivity contribution is 5.88. The molecular weight excluding hydrogens is 356 g/mol. The van der Waals surface area contributed by atoms with E-state index >= 15 is 0 Å². The number of H-pyrrole nitrogens is 1. The number of anilines is 1. The van der Waals surface area contributed by atoms with Crippen LogP contribution < -0.4 is 14.8 Å². The van der Waals surface area contributed by atoms with Gasteiger partial charge in [-0.3, -0.25) is 0 Å². The first kappa shape index (κ1) is 18.1. The lowest BCUT2D eigenvalue weighted by molar-refractivity contribution is 0.398. The first-order valence-corrected chi connectivity index (χ1v) is 9.25. The van der Waals surface area contributed by atoms with Crippen molar-refractivity contribution in [3.8, 4) is 11.5 Å². The molecule has 3 aromatic heterocycles. The summed E-state index contributed by atoms with van der Waals surface area (Å²) in [7, 11) is 3.33. The van der Waals surface area contributed by atoms with Crippen molar-refractivity contribution in [2.24, 2.45) is 0 Å². The van der Waals surface area contributed by atoms with Crippen molar-refractivity contribution < 1.29 is 9.47 Å². The van der Waals surface area contributed by atoms with Crippen molar-refractivity contribution in [1.82, 2.24) is 24.6 Å². The number of hydrogen-bond acceptors (Lipinski definition) is 6. The van der Waals surface area contributed by atoms with Gasteiger partial charge in [-0.15, -0.1) is 0 Å². The van der Waals surface area contributed by atoms with Crippen LogP contribution in [0.1, 0.15) is 23.4 Å². The van der Waals surface area contributed by atoms with Crippen molar-refractivity contribution in [2.75, 3.05) is 26.1 Å². The fraction of sp³-hybridized carbons (Fsp3) is 0.350. The minimum Gasteiger partial charge on any atom is -0.497 e. The lowest BCUT2D eigenvalue weighted by atomic mass is 10.2. The molecule has 4 aromatic rings. The van der Waals surface area contributed by atoms with Gasteiger partial charge in [0.05, 0.1) is 19.7 Å². The summed E-state index contributed by atoms with van der Waals surface area (Å²) in [5.41, 5.74) is 4.22. The van der Waals surface area contributed by atoms with Gasteiger partial charge in [-0.1, -0.05) is 0 Å². The molecule has 0 aliphatic heterocycles. The summed E-state index contributed by atoms with van der Waals surface area (Å²) in [5, 5.41) is 8.83. The molecule has 0 unspecified atom stereocenters. The second-order valence-electron chi connectivity index (χ2n) is 6.76. The van der Waals surface area contributed by atoms with E-state index in [1.807, 2.05) is 26.0 Å². The molecule has 8 nitrogen and oxygen atoms in total. The molecule has 0 spiro atoms. The van der Waals surface area contributed by atoms with Gasteiger partial charge in [0, 0.05) is 41.0 Å². The van der Waals surface area contributed by atoms with E-state index in [0.29, 0.717) is 5.78 Å². The number of benzene rings is 1. The zero-order chi connectivity index (χ0) is 19.7. The van der Waals surface area contributed by atoms with E-state index in [-0.39, 0.29) is 0 Å². The van der Waals surface area contributed by atoms with Crippen molar-refractivity contribution in [3.63, 3.8) is 0 Å². The van der Waals surface area contributed by atoms with Gasteiger partial charge < -0.3 is 19.8 Å². The Morgan fingerprint density at radius 1 is 1.14 bits per heavy atom. The Labute approximate surface area is 162 Å². The summed E-state index contributed by atoms with van der Waals surface area (Å²) in [6.45, 7) is 4.85. The maximum Gasteiger partial charge on any atom is 0.254 e. The lowest BCUT2D eigenvalue weighted by Crippen LogP contribution is -2.11. The number of aromatic amines is 1. The van der Waals surface area contributed by atoms with Crippen LogP contribution in [0.2, 0.25) is 0 Å². The molecule has 0 radical (unpaired) electrons. The molecule has 0 bridgehead atoms. The van der Waals surface area contributed by atoms with Crippen molar-refractivity contribution in [3.05, 3.63) is 41.5 Å². The minimum absolute atomic E-state index is 0.613. The number of nitrogens with one attached hydrogen (secondary N) is 2. The van der Waals surface area contributed by atoms with Gasteiger partial charge in [-0.25, -0.2) is 4.98 Å². The first-order valence-electron chi connectivity index (χ1n) is 9.25. The van der Waals surface area contributed by atoms with E-state index in [1.54, 1.807) is 18.7 Å². The fourth-order valence-corrected chi connectivity index (χ4v) is 3.38. The largest absolute Gasteiger partial charge is 0.497 e. The Hall–Kier alpha value is -3.29. The molecular formula is C20H24N6O2. The summed E-state index contributed by atoms with van der Waals surface area (Å²) in [6.07, 6.45) is 3.40. The van der Waals surface area contributed by atoms with Crippen LogP contribution in [0.4, 0.5) is 5.82 Å². The highest BCUT2D eigenvalue weighted by Gasteiger charge is 2.11. The second-order valence-corrected chi connectivity index (χ2v) is 6.76. The Morgan fingerprint density at radius 2 is 2.00 bits per heavy atom. The number of rotatable bonds is 7. The predicted octanol–water partition coefficient (Wildman–Crippen LogP) is 3.28. The van der Waals surface area contributed by atoms with Crippen molar-refractivity contribution in [1.29, 1.82) is 0 Å². The Morgan fingerprint density at radius 3 is 2.79 bits per heavy atom. The van der Waals surface area contributed by atoms with E-state index in [4.69, 9.17) is 9.47 Å². The van der Waals surface area contributed by atoms with Crippen LogP contribution in [0.25, 0.3) is 16.7 Å². The summed E-state index contributed by atoms with van der Waals surface area (Å²) in [4.78, 5) is 12.1. The van der Waals surface area contributed by atoms with Gasteiger partial charge in [0.25, 0.3) is 5.78 Å². The van der Waals surface area contributed by atoms with Gasteiger partial charge >= 0.3 is 0 Å². The van der Waals surface area contributed by atoms with Crippen LogP contribution in [0.15, 0.2) is 24.5 Å². The van der Waals surface area contributed by atoms with Crippen LogP contribution in [0, 0.1) is 13.8 Å². The molecule has 0 saturated carbocycles. The van der Waals surface area contributed by atoms with Crippen molar-refractivity contribution in [2.45, 2.75) is 26.7 Å². The molecule has 0 saturated heterocycles. The number of ether oxygens (including phenoxy) is 2. The maximum atomic E-state index is 5.49. The van der Waals surface area contributed by atoms with Crippen molar-refractivity contribution >= 4 is 22.5 Å². The number of hydrogen-bond donors (Lipinski definition) is 2. The summed E-state index contributed by atoms with van der Waals surface area (Å²) < 4.78 is 12.6. The smallest absolute Gasteiger partial charge is 0.254 e. The summed E-state index contributed by atoms with van der Waals surface area (Å²) in [5.74, 6) is 3.15. The molecule has 3 heterocycles. The predicted molar refractivity (Wildman–Crippen MR) is 108 cm³/mol. The third kappa shape index (κ3) is 3.21. The third-order valence-electron chi connectivity index (χ3n) is 5.01. The topological polar surface area (TPSA) is 89.4 Å². The molecule has 4 rings (SSSR count). The van der Waals surface area contributed by atoms with Gasteiger partial charge in [-0.2, -0.15) is 14.6 Å². The molecule has 0 fully saturated rings. The second kappa shape index (κ2) is 7.38. The van der Waals surface area contributed by atoms with E-state index in [1.165, 1.54) is 6.33 Å². The molecule has 28 heavy (non-hydrogen) atoms. The number of aromatic nitrogens is 5. The van der Waals surface area contributed by atoms with Crippen LogP contribution >= 0.6 is 0 Å². The zero-order valence-electron chi connectivity index (χ0n) is 16.5. The lowest BCUT2D eigenvalue weighted by Gasteiger charge is -2.12.